The molecule has 0 saturated heterocycles. The van der Waals surface area contributed by atoms with Crippen LogP contribution in [-0.2, 0) is 19.1 Å². The maximum Gasteiger partial charge on any atom is 0.417 e. The number of hydrogen-bond donors (Lipinski definition) is 2. The van der Waals surface area contributed by atoms with Crippen LogP contribution < -0.4 is 5.32 Å². The van der Waals surface area contributed by atoms with Crippen LogP contribution in [0.2, 0.25) is 0 Å². The summed E-state index contributed by atoms with van der Waals surface area (Å²) in [5, 5.41) is 2.87. The summed E-state index contributed by atoms with van der Waals surface area (Å²) in [4.78, 5) is 29.6. The van der Waals surface area contributed by atoms with E-state index in [9.17, 15) is 22.8 Å². The van der Waals surface area contributed by atoms with Gasteiger partial charge in [0.15, 0.2) is 0 Å². The predicted molar refractivity (Wildman–Crippen MR) is 107 cm³/mol. The highest BCUT2D eigenvalue weighted by Crippen LogP contribution is 2.33. The Balaban J connectivity index is 1.71. The fourth-order valence-corrected chi connectivity index (χ4v) is 3.46. The van der Waals surface area contributed by atoms with Crippen LogP contribution in [0.1, 0.15) is 64.9 Å². The molecule has 1 aromatic heterocycles. The van der Waals surface area contributed by atoms with Crippen molar-refractivity contribution in [3.63, 3.8) is 0 Å². The van der Waals surface area contributed by atoms with Crippen LogP contribution in [0.15, 0.2) is 30.3 Å². The minimum absolute atomic E-state index is 0.107. The summed E-state index contributed by atoms with van der Waals surface area (Å²) in [6.45, 7) is 7.25. The Morgan fingerprint density at radius 2 is 1.87 bits per heavy atom. The molecule has 0 aliphatic carbocycles. The first-order valence-corrected chi connectivity index (χ1v) is 9.90. The number of carbonyl (C=O) groups excluding carboxylic acids is 2. The summed E-state index contributed by atoms with van der Waals surface area (Å²) in [7, 11) is 0. The molecule has 0 saturated carbocycles. The number of H-pyrrole nitrogens is 1. The zero-order valence-electron chi connectivity index (χ0n) is 17.3. The quantitative estimate of drug-likeness (QED) is 0.769. The van der Waals surface area contributed by atoms with Gasteiger partial charge in [0.2, 0.25) is 0 Å². The minimum Gasteiger partial charge on any atom is -0.353 e. The number of rotatable bonds is 4. The third-order valence-corrected chi connectivity index (χ3v) is 5.15. The third kappa shape index (κ3) is 5.04. The molecule has 0 atom stereocenters. The molecule has 0 spiro atoms. The van der Waals surface area contributed by atoms with E-state index in [2.05, 4.69) is 31.1 Å². The zero-order chi connectivity index (χ0) is 22.1. The summed E-state index contributed by atoms with van der Waals surface area (Å²) < 4.78 is 39.8. The lowest BCUT2D eigenvalue weighted by molar-refractivity contribution is -0.138. The Morgan fingerprint density at radius 3 is 2.53 bits per heavy atom. The van der Waals surface area contributed by atoms with Gasteiger partial charge < -0.3 is 15.2 Å². The molecule has 1 aliphatic rings. The van der Waals surface area contributed by atoms with Crippen molar-refractivity contribution in [1.82, 2.24) is 15.2 Å². The number of nitrogens with one attached hydrogen (secondary N) is 2. The van der Waals surface area contributed by atoms with Crippen LogP contribution in [0.3, 0.4) is 0 Å². The lowest BCUT2D eigenvalue weighted by Crippen LogP contribution is -2.36. The van der Waals surface area contributed by atoms with Crippen LogP contribution in [0.25, 0.3) is 0 Å². The van der Waals surface area contributed by atoms with E-state index < -0.39 is 17.6 Å². The molecule has 2 amide bonds. The monoisotopic (exact) mass is 421 g/mol. The molecule has 2 N–H and O–H groups in total. The highest BCUT2D eigenvalue weighted by molar-refractivity contribution is 5.96. The van der Waals surface area contributed by atoms with Gasteiger partial charge in [-0.3, -0.25) is 9.59 Å². The number of aromatic amines is 1. The fourth-order valence-electron chi connectivity index (χ4n) is 3.46. The number of halogens is 3. The SMILES string of the molecule is CC(C)(C)CCNC(=O)c1cc2c([nH]1)CN(C(=O)c1ccccc1C(F)(F)F)CC2. The maximum atomic E-state index is 13.3. The molecule has 0 unspecified atom stereocenters. The minimum atomic E-state index is -4.60. The topological polar surface area (TPSA) is 65.2 Å². The molecular formula is C22H26F3N3O2. The Bertz CT molecular complexity index is 942. The molecule has 0 radical (unpaired) electrons. The van der Waals surface area contributed by atoms with Crippen LogP contribution in [-0.4, -0.2) is 34.8 Å². The third-order valence-electron chi connectivity index (χ3n) is 5.15. The van der Waals surface area contributed by atoms with Crippen molar-refractivity contribution in [2.75, 3.05) is 13.1 Å². The first kappa shape index (κ1) is 21.9. The van der Waals surface area contributed by atoms with Gasteiger partial charge in [0.1, 0.15) is 5.69 Å². The molecular weight excluding hydrogens is 395 g/mol. The van der Waals surface area contributed by atoms with E-state index in [0.29, 0.717) is 30.9 Å². The lowest BCUT2D eigenvalue weighted by atomic mass is 9.92. The second kappa shape index (κ2) is 8.16. The van der Waals surface area contributed by atoms with Crippen molar-refractivity contribution < 1.29 is 22.8 Å². The summed E-state index contributed by atoms with van der Waals surface area (Å²) in [6.07, 6.45) is -3.29. The molecule has 8 heteroatoms. The number of alkyl halides is 3. The van der Waals surface area contributed by atoms with Gasteiger partial charge in [-0.2, -0.15) is 13.2 Å². The molecule has 5 nitrogen and oxygen atoms in total. The average Bonchev–Trinajstić information content (AvgIpc) is 3.09. The predicted octanol–water partition coefficient (Wildman–Crippen LogP) is 4.40. The van der Waals surface area contributed by atoms with Gasteiger partial charge >= 0.3 is 6.18 Å². The number of fused-ring (bicyclic) bond motifs is 1. The molecule has 1 aliphatic heterocycles. The van der Waals surface area contributed by atoms with Crippen molar-refractivity contribution in [2.24, 2.45) is 5.41 Å². The average molecular weight is 421 g/mol. The van der Waals surface area contributed by atoms with Gasteiger partial charge in [-0.1, -0.05) is 32.9 Å². The zero-order valence-corrected chi connectivity index (χ0v) is 17.3. The van der Waals surface area contributed by atoms with Gasteiger partial charge in [-0.15, -0.1) is 0 Å². The number of aromatic nitrogens is 1. The number of benzene rings is 1. The van der Waals surface area contributed by atoms with Crippen LogP contribution in [0, 0.1) is 5.41 Å². The van der Waals surface area contributed by atoms with E-state index in [1.807, 2.05) is 0 Å². The number of amides is 2. The summed E-state index contributed by atoms with van der Waals surface area (Å²) in [5.74, 6) is -0.895. The molecule has 0 fully saturated rings. The Kier molecular flexibility index (Phi) is 5.97. The van der Waals surface area contributed by atoms with E-state index in [-0.39, 0.29) is 23.4 Å². The van der Waals surface area contributed by atoms with Gasteiger partial charge in [-0.05, 0) is 42.0 Å². The van der Waals surface area contributed by atoms with Gasteiger partial charge in [-0.25, -0.2) is 0 Å². The molecule has 30 heavy (non-hydrogen) atoms. The van der Waals surface area contributed by atoms with Crippen molar-refractivity contribution in [2.45, 2.75) is 46.3 Å². The number of hydrogen-bond acceptors (Lipinski definition) is 2. The second-order valence-electron chi connectivity index (χ2n) is 8.77. The van der Waals surface area contributed by atoms with E-state index >= 15 is 0 Å². The number of nitrogens with zero attached hydrogens (tertiary/aromatic N) is 1. The lowest BCUT2D eigenvalue weighted by Gasteiger charge is -2.28. The van der Waals surface area contributed by atoms with Crippen LogP contribution in [0.4, 0.5) is 13.2 Å². The smallest absolute Gasteiger partial charge is 0.353 e. The van der Waals surface area contributed by atoms with E-state index in [1.165, 1.54) is 23.1 Å². The summed E-state index contributed by atoms with van der Waals surface area (Å²) in [5.41, 5.74) is 0.796. The molecule has 3 rings (SSSR count). The normalized spacial score (nSPS) is 14.4. The van der Waals surface area contributed by atoms with Gasteiger partial charge in [0, 0.05) is 18.8 Å². The molecule has 2 aromatic rings. The van der Waals surface area contributed by atoms with Gasteiger partial charge in [0.05, 0.1) is 17.7 Å². The van der Waals surface area contributed by atoms with Crippen molar-refractivity contribution in [3.05, 3.63) is 58.4 Å². The van der Waals surface area contributed by atoms with Crippen LogP contribution in [0.5, 0.6) is 0 Å². The highest BCUT2D eigenvalue weighted by atomic mass is 19.4. The molecule has 0 bridgehead atoms. The fraction of sp³-hybridized carbons (Fsp3) is 0.455. The molecule has 162 valence electrons. The summed E-state index contributed by atoms with van der Waals surface area (Å²) >= 11 is 0. The van der Waals surface area contributed by atoms with E-state index in [1.54, 1.807) is 6.07 Å². The van der Waals surface area contributed by atoms with Crippen LogP contribution >= 0.6 is 0 Å². The largest absolute Gasteiger partial charge is 0.417 e. The standard InChI is InChI=1S/C22H26F3N3O2/c1-21(2,3)9-10-26-19(29)17-12-14-8-11-28(13-18(14)27-17)20(30)15-6-4-5-7-16(15)22(23,24)25/h4-7,12,27H,8-11,13H2,1-3H3,(H,26,29). The first-order valence-electron chi connectivity index (χ1n) is 9.90. The van der Waals surface area contributed by atoms with E-state index in [0.717, 1.165) is 18.1 Å². The number of carbonyl (C=O) groups is 2. The molecule has 2 heterocycles. The van der Waals surface area contributed by atoms with E-state index in [4.69, 9.17) is 0 Å². The van der Waals surface area contributed by atoms with Crippen molar-refractivity contribution >= 4 is 11.8 Å². The molecule has 1 aromatic carbocycles. The second-order valence-corrected chi connectivity index (χ2v) is 8.77. The summed E-state index contributed by atoms with van der Waals surface area (Å²) in [6, 6.07) is 6.56. The Hall–Kier alpha value is -2.77. The highest BCUT2D eigenvalue weighted by Gasteiger charge is 2.36. The van der Waals surface area contributed by atoms with Crippen molar-refractivity contribution in [1.29, 1.82) is 0 Å². The Morgan fingerprint density at radius 1 is 1.17 bits per heavy atom. The Labute approximate surface area is 173 Å². The first-order chi connectivity index (χ1) is 14.0. The van der Waals surface area contributed by atoms with Crippen molar-refractivity contribution in [3.8, 4) is 0 Å². The maximum absolute atomic E-state index is 13.3. The van der Waals surface area contributed by atoms with Gasteiger partial charge in [0.25, 0.3) is 11.8 Å².